The van der Waals surface area contributed by atoms with E-state index >= 15 is 0 Å². The maximum Gasteiger partial charge on any atom is 0.417 e. The van der Waals surface area contributed by atoms with Crippen LogP contribution in [0.4, 0.5) is 19.0 Å². The molecule has 2 heterocycles. The minimum absolute atomic E-state index is 0.388. The zero-order chi connectivity index (χ0) is 17.0. The maximum absolute atomic E-state index is 12.5. The monoisotopic (exact) mass is 333 g/mol. The number of alkyl halides is 3. The van der Waals surface area contributed by atoms with Gasteiger partial charge in [0.1, 0.15) is 18.5 Å². The van der Waals surface area contributed by atoms with Crippen molar-refractivity contribution in [2.45, 2.75) is 19.3 Å². The van der Waals surface area contributed by atoms with Crippen molar-refractivity contribution in [3.8, 4) is 0 Å². The van der Waals surface area contributed by atoms with Crippen LogP contribution in [0.15, 0.2) is 55.2 Å². The number of benzene rings is 1. The Morgan fingerprint density at radius 3 is 2.46 bits per heavy atom. The van der Waals surface area contributed by atoms with Crippen LogP contribution in [0.2, 0.25) is 0 Å². The number of pyridine rings is 1. The van der Waals surface area contributed by atoms with Crippen LogP contribution in [0.25, 0.3) is 0 Å². The molecule has 2 aromatic heterocycles. The first-order chi connectivity index (χ1) is 11.5. The quantitative estimate of drug-likeness (QED) is 0.778. The number of nitrogens with one attached hydrogen (secondary N) is 1. The van der Waals surface area contributed by atoms with Crippen molar-refractivity contribution in [1.82, 2.24) is 19.7 Å². The summed E-state index contributed by atoms with van der Waals surface area (Å²) in [5.41, 5.74) is 1.29. The lowest BCUT2D eigenvalue weighted by Crippen LogP contribution is -2.09. The van der Waals surface area contributed by atoms with Crippen LogP contribution in [0, 0.1) is 0 Å². The van der Waals surface area contributed by atoms with E-state index in [9.17, 15) is 13.2 Å². The summed E-state index contributed by atoms with van der Waals surface area (Å²) in [4.78, 5) is 7.71. The van der Waals surface area contributed by atoms with Gasteiger partial charge in [-0.25, -0.2) is 14.6 Å². The number of halogens is 3. The molecule has 0 saturated heterocycles. The molecule has 3 rings (SSSR count). The van der Waals surface area contributed by atoms with Crippen molar-refractivity contribution in [3.63, 3.8) is 0 Å². The van der Waals surface area contributed by atoms with E-state index in [1.807, 2.05) is 24.3 Å². The van der Waals surface area contributed by atoms with E-state index < -0.39 is 11.7 Å². The summed E-state index contributed by atoms with van der Waals surface area (Å²) in [5.74, 6) is 0.388. The Kier molecular flexibility index (Phi) is 4.45. The molecule has 0 unspecified atom stereocenters. The molecule has 0 atom stereocenters. The zero-order valence-corrected chi connectivity index (χ0v) is 12.5. The predicted molar refractivity (Wildman–Crippen MR) is 82.1 cm³/mol. The molecular weight excluding hydrogens is 319 g/mol. The minimum atomic E-state index is -4.38. The van der Waals surface area contributed by atoms with Crippen molar-refractivity contribution in [2.75, 3.05) is 5.32 Å². The van der Waals surface area contributed by atoms with Gasteiger partial charge < -0.3 is 5.32 Å². The molecule has 0 fully saturated rings. The predicted octanol–water partition coefficient (Wildman–Crippen LogP) is 3.35. The van der Waals surface area contributed by atoms with E-state index in [4.69, 9.17) is 0 Å². The third-order valence-electron chi connectivity index (χ3n) is 3.47. The van der Waals surface area contributed by atoms with Gasteiger partial charge in [-0.05, 0) is 23.3 Å². The molecule has 124 valence electrons. The highest BCUT2D eigenvalue weighted by molar-refractivity contribution is 5.38. The molecule has 0 radical (unpaired) electrons. The molecular formula is C16H14F3N5. The topological polar surface area (TPSA) is 55.6 Å². The molecule has 0 spiro atoms. The Morgan fingerprint density at radius 1 is 1.04 bits per heavy atom. The minimum Gasteiger partial charge on any atom is -0.366 e. The highest BCUT2D eigenvalue weighted by atomic mass is 19.4. The molecule has 1 aromatic carbocycles. The van der Waals surface area contributed by atoms with Crippen LogP contribution in [0.3, 0.4) is 0 Å². The van der Waals surface area contributed by atoms with Crippen molar-refractivity contribution >= 4 is 5.82 Å². The smallest absolute Gasteiger partial charge is 0.366 e. The Balaban J connectivity index is 1.68. The number of rotatable bonds is 5. The van der Waals surface area contributed by atoms with Gasteiger partial charge in [-0.15, -0.1) is 0 Å². The Hall–Kier alpha value is -2.90. The second kappa shape index (κ2) is 6.69. The number of anilines is 1. The third-order valence-corrected chi connectivity index (χ3v) is 3.47. The molecule has 8 heteroatoms. The van der Waals surface area contributed by atoms with E-state index in [0.717, 1.165) is 23.4 Å². The standard InChI is InChI=1S/C16H14F3N5/c17-16(18,19)14-5-6-15(22-8-14)21-7-12-3-1-2-4-13(12)9-24-11-20-10-23-24/h1-6,8,10-11H,7,9H2,(H,21,22). The summed E-state index contributed by atoms with van der Waals surface area (Å²) in [5, 5.41) is 7.11. The largest absolute Gasteiger partial charge is 0.417 e. The van der Waals surface area contributed by atoms with Crippen LogP contribution >= 0.6 is 0 Å². The van der Waals surface area contributed by atoms with Crippen molar-refractivity contribution in [1.29, 1.82) is 0 Å². The molecule has 3 aromatic rings. The van der Waals surface area contributed by atoms with E-state index in [-0.39, 0.29) is 0 Å². The van der Waals surface area contributed by atoms with Crippen LogP contribution < -0.4 is 5.32 Å². The summed E-state index contributed by atoms with van der Waals surface area (Å²) in [6, 6.07) is 10.1. The van der Waals surface area contributed by atoms with Gasteiger partial charge in [-0.2, -0.15) is 18.3 Å². The summed E-state index contributed by atoms with van der Waals surface area (Å²) in [7, 11) is 0. The fourth-order valence-electron chi connectivity index (χ4n) is 2.23. The summed E-state index contributed by atoms with van der Waals surface area (Å²) < 4.78 is 39.3. The van der Waals surface area contributed by atoms with Gasteiger partial charge >= 0.3 is 6.18 Å². The number of hydrogen-bond donors (Lipinski definition) is 1. The van der Waals surface area contributed by atoms with E-state index in [1.165, 1.54) is 12.4 Å². The first-order valence-electron chi connectivity index (χ1n) is 7.19. The van der Waals surface area contributed by atoms with Gasteiger partial charge in [0.2, 0.25) is 0 Å². The molecule has 0 bridgehead atoms. The van der Waals surface area contributed by atoms with Crippen molar-refractivity contribution in [2.24, 2.45) is 0 Å². The maximum atomic E-state index is 12.5. The number of aromatic nitrogens is 4. The van der Waals surface area contributed by atoms with Crippen LogP contribution in [-0.2, 0) is 19.3 Å². The van der Waals surface area contributed by atoms with E-state index in [0.29, 0.717) is 18.9 Å². The average Bonchev–Trinajstić information content (AvgIpc) is 3.07. The lowest BCUT2D eigenvalue weighted by Gasteiger charge is -2.12. The molecule has 0 saturated carbocycles. The second-order valence-corrected chi connectivity index (χ2v) is 5.15. The van der Waals surface area contributed by atoms with Gasteiger partial charge in [-0.3, -0.25) is 0 Å². The molecule has 1 N–H and O–H groups in total. The SMILES string of the molecule is FC(F)(F)c1ccc(NCc2ccccc2Cn2cncn2)nc1. The van der Waals surface area contributed by atoms with E-state index in [2.05, 4.69) is 20.4 Å². The number of nitrogens with zero attached hydrogens (tertiary/aromatic N) is 4. The lowest BCUT2D eigenvalue weighted by molar-refractivity contribution is -0.137. The first kappa shape index (κ1) is 16.0. The van der Waals surface area contributed by atoms with E-state index in [1.54, 1.807) is 11.0 Å². The Morgan fingerprint density at radius 2 is 1.83 bits per heavy atom. The Bertz CT molecular complexity index is 782. The van der Waals surface area contributed by atoms with Crippen LogP contribution in [0.1, 0.15) is 16.7 Å². The first-order valence-corrected chi connectivity index (χ1v) is 7.19. The van der Waals surface area contributed by atoms with Crippen LogP contribution in [-0.4, -0.2) is 19.7 Å². The Labute approximate surface area is 136 Å². The van der Waals surface area contributed by atoms with Crippen LogP contribution in [0.5, 0.6) is 0 Å². The third kappa shape index (κ3) is 3.89. The van der Waals surface area contributed by atoms with Gasteiger partial charge in [0.05, 0.1) is 12.1 Å². The van der Waals surface area contributed by atoms with Gasteiger partial charge in [0.25, 0.3) is 0 Å². The second-order valence-electron chi connectivity index (χ2n) is 5.15. The molecule has 0 aliphatic heterocycles. The highest BCUT2D eigenvalue weighted by Crippen LogP contribution is 2.28. The summed E-state index contributed by atoms with van der Waals surface area (Å²) in [6.07, 6.45) is -0.464. The fourth-order valence-corrected chi connectivity index (χ4v) is 2.23. The molecule has 0 amide bonds. The number of hydrogen-bond acceptors (Lipinski definition) is 4. The van der Waals surface area contributed by atoms with Crippen molar-refractivity contribution in [3.05, 3.63) is 71.9 Å². The normalized spacial score (nSPS) is 11.5. The van der Waals surface area contributed by atoms with Gasteiger partial charge in [0.15, 0.2) is 0 Å². The average molecular weight is 333 g/mol. The molecule has 24 heavy (non-hydrogen) atoms. The van der Waals surface area contributed by atoms with Gasteiger partial charge in [0, 0.05) is 12.7 Å². The molecule has 0 aliphatic rings. The lowest BCUT2D eigenvalue weighted by atomic mass is 10.1. The molecule has 0 aliphatic carbocycles. The summed E-state index contributed by atoms with van der Waals surface area (Å²) >= 11 is 0. The summed E-state index contributed by atoms with van der Waals surface area (Å²) in [6.45, 7) is 1.02. The van der Waals surface area contributed by atoms with Crippen molar-refractivity contribution < 1.29 is 13.2 Å². The molecule has 5 nitrogen and oxygen atoms in total. The van der Waals surface area contributed by atoms with Gasteiger partial charge in [-0.1, -0.05) is 24.3 Å². The fraction of sp³-hybridized carbons (Fsp3) is 0.188. The highest BCUT2D eigenvalue weighted by Gasteiger charge is 2.30. The zero-order valence-electron chi connectivity index (χ0n) is 12.5.